The van der Waals surface area contributed by atoms with Crippen LogP contribution in [0.5, 0.6) is 0 Å². The van der Waals surface area contributed by atoms with Crippen LogP contribution in [0, 0.1) is 11.9 Å². The van der Waals surface area contributed by atoms with Gasteiger partial charge in [-0.1, -0.05) is 42.5 Å². The van der Waals surface area contributed by atoms with Crippen LogP contribution in [-0.4, -0.2) is 4.98 Å². The molecule has 0 aliphatic carbocycles. The molecule has 0 atom stereocenters. The Hall–Kier alpha value is -2.05. The van der Waals surface area contributed by atoms with Crippen molar-refractivity contribution >= 4 is 21.7 Å². The Kier molecular flexibility index (Phi) is 4.04. The van der Waals surface area contributed by atoms with E-state index in [1.165, 1.54) is 12.1 Å². The molecule has 0 amide bonds. The van der Waals surface area contributed by atoms with E-state index >= 15 is 0 Å². The van der Waals surface area contributed by atoms with Gasteiger partial charge in [-0.05, 0) is 22.5 Å². The van der Waals surface area contributed by atoms with Gasteiger partial charge in [-0.25, -0.2) is 0 Å². The SMILES string of the molecule is Fc1c[c-]c(-c2nc3ccccc3c3ccccc23)cc1.[Pt]. The molecule has 0 N–H and O–H groups in total. The largest absolute Gasteiger partial charge is 0.296 e. The Morgan fingerprint density at radius 2 is 1.45 bits per heavy atom. The first-order valence-electron chi connectivity index (χ1n) is 6.78. The standard InChI is InChI=1S/C19H11FN.Pt/c20-14-11-9-13(10-12-14)19-17-7-2-1-5-15(17)16-6-3-4-8-18(16)21-19;/h1-9,11-12H;/q-1;. The van der Waals surface area contributed by atoms with E-state index in [0.717, 1.165) is 32.9 Å². The van der Waals surface area contributed by atoms with Crippen molar-refractivity contribution in [3.63, 3.8) is 0 Å². The Morgan fingerprint density at radius 3 is 2.18 bits per heavy atom. The van der Waals surface area contributed by atoms with Gasteiger partial charge >= 0.3 is 0 Å². The second-order valence-corrected chi connectivity index (χ2v) is 4.94. The van der Waals surface area contributed by atoms with E-state index < -0.39 is 0 Å². The van der Waals surface area contributed by atoms with Gasteiger partial charge in [-0.3, -0.25) is 9.37 Å². The summed E-state index contributed by atoms with van der Waals surface area (Å²) < 4.78 is 13.1. The molecule has 0 aliphatic heterocycles. The van der Waals surface area contributed by atoms with E-state index in [9.17, 15) is 4.39 Å². The molecule has 0 saturated heterocycles. The van der Waals surface area contributed by atoms with Crippen molar-refractivity contribution in [1.29, 1.82) is 0 Å². The second-order valence-electron chi connectivity index (χ2n) is 4.94. The molecule has 0 radical (unpaired) electrons. The number of hydrogen-bond donors (Lipinski definition) is 0. The van der Waals surface area contributed by atoms with Crippen molar-refractivity contribution < 1.29 is 25.5 Å². The molecule has 1 aromatic heterocycles. The predicted molar refractivity (Wildman–Crippen MR) is 83.5 cm³/mol. The van der Waals surface area contributed by atoms with Crippen LogP contribution < -0.4 is 0 Å². The molecule has 0 saturated carbocycles. The summed E-state index contributed by atoms with van der Waals surface area (Å²) >= 11 is 0. The van der Waals surface area contributed by atoms with E-state index in [4.69, 9.17) is 4.98 Å². The third kappa shape index (κ3) is 2.44. The van der Waals surface area contributed by atoms with Crippen molar-refractivity contribution in [3.8, 4) is 11.3 Å². The molecular formula is C19H11FNPt-. The number of para-hydroxylation sites is 1. The van der Waals surface area contributed by atoms with Gasteiger partial charge in [-0.2, -0.15) is 0 Å². The Balaban J connectivity index is 0.00000144. The minimum absolute atomic E-state index is 0. The Bertz CT molecular complexity index is 948. The molecule has 0 spiro atoms. The van der Waals surface area contributed by atoms with Crippen LogP contribution in [0.4, 0.5) is 4.39 Å². The monoisotopic (exact) mass is 467 g/mol. The normalized spacial score (nSPS) is 10.6. The summed E-state index contributed by atoms with van der Waals surface area (Å²) in [5, 5.41) is 3.33. The van der Waals surface area contributed by atoms with Crippen LogP contribution in [0.2, 0.25) is 0 Å². The predicted octanol–water partition coefficient (Wildman–Crippen LogP) is 4.99. The number of aromatic nitrogens is 1. The Labute approximate surface area is 142 Å². The van der Waals surface area contributed by atoms with Crippen LogP contribution in [0.15, 0.2) is 66.7 Å². The molecule has 110 valence electrons. The molecule has 3 aromatic carbocycles. The quantitative estimate of drug-likeness (QED) is 0.284. The smallest absolute Gasteiger partial charge is 0.0601 e. The molecule has 22 heavy (non-hydrogen) atoms. The van der Waals surface area contributed by atoms with Crippen molar-refractivity contribution in [3.05, 3.63) is 78.6 Å². The number of halogens is 1. The van der Waals surface area contributed by atoms with Crippen LogP contribution in [0.25, 0.3) is 32.9 Å². The molecule has 0 aliphatic rings. The fourth-order valence-electron chi connectivity index (χ4n) is 2.66. The summed E-state index contributed by atoms with van der Waals surface area (Å²) in [7, 11) is 0. The number of benzene rings is 3. The molecule has 0 bridgehead atoms. The summed E-state index contributed by atoms with van der Waals surface area (Å²) in [6.45, 7) is 0. The number of nitrogens with zero attached hydrogens (tertiary/aromatic N) is 1. The number of rotatable bonds is 1. The molecule has 4 rings (SSSR count). The van der Waals surface area contributed by atoms with E-state index in [2.05, 4.69) is 18.2 Å². The van der Waals surface area contributed by atoms with Crippen LogP contribution in [0.3, 0.4) is 0 Å². The number of hydrogen-bond acceptors (Lipinski definition) is 1. The first kappa shape index (κ1) is 14.9. The van der Waals surface area contributed by atoms with Crippen molar-refractivity contribution in [2.75, 3.05) is 0 Å². The van der Waals surface area contributed by atoms with Crippen LogP contribution >= 0.6 is 0 Å². The van der Waals surface area contributed by atoms with Crippen LogP contribution in [-0.2, 0) is 21.1 Å². The maximum Gasteiger partial charge on any atom is 0.0601 e. The minimum Gasteiger partial charge on any atom is -0.296 e. The van der Waals surface area contributed by atoms with Crippen molar-refractivity contribution in [2.24, 2.45) is 0 Å². The Morgan fingerprint density at radius 1 is 0.773 bits per heavy atom. The molecule has 3 heteroatoms. The molecule has 1 nitrogen and oxygen atoms in total. The fraction of sp³-hybridized carbons (Fsp3) is 0. The molecule has 4 aromatic rings. The number of fused-ring (bicyclic) bond motifs is 3. The topological polar surface area (TPSA) is 12.9 Å². The molecule has 0 unspecified atom stereocenters. The van der Waals surface area contributed by atoms with E-state index in [-0.39, 0.29) is 26.9 Å². The summed E-state index contributed by atoms with van der Waals surface area (Å²) in [5.74, 6) is -0.288. The first-order chi connectivity index (χ1) is 10.3. The maximum absolute atomic E-state index is 13.1. The number of pyridine rings is 1. The van der Waals surface area contributed by atoms with Gasteiger partial charge in [0.25, 0.3) is 0 Å². The molecule has 1 heterocycles. The van der Waals surface area contributed by atoms with Crippen LogP contribution in [0.1, 0.15) is 0 Å². The first-order valence-corrected chi connectivity index (χ1v) is 6.78. The third-order valence-corrected chi connectivity index (χ3v) is 3.64. The third-order valence-electron chi connectivity index (χ3n) is 3.64. The molecular weight excluding hydrogens is 456 g/mol. The van der Waals surface area contributed by atoms with Gasteiger partial charge in [-0.15, -0.1) is 29.8 Å². The summed E-state index contributed by atoms with van der Waals surface area (Å²) in [6, 6.07) is 23.7. The zero-order valence-corrected chi connectivity index (χ0v) is 13.8. The fourth-order valence-corrected chi connectivity index (χ4v) is 2.66. The van der Waals surface area contributed by atoms with E-state index in [1.807, 2.05) is 36.4 Å². The summed E-state index contributed by atoms with van der Waals surface area (Å²) in [5.41, 5.74) is 2.58. The summed E-state index contributed by atoms with van der Waals surface area (Å²) in [6.07, 6.45) is 0. The van der Waals surface area contributed by atoms with Gasteiger partial charge in [0.05, 0.1) is 5.52 Å². The van der Waals surface area contributed by atoms with Crippen molar-refractivity contribution in [1.82, 2.24) is 4.98 Å². The van der Waals surface area contributed by atoms with E-state index in [0.29, 0.717) is 0 Å². The van der Waals surface area contributed by atoms with Gasteiger partial charge in [0, 0.05) is 32.3 Å². The van der Waals surface area contributed by atoms with E-state index in [1.54, 1.807) is 6.07 Å². The average molecular weight is 467 g/mol. The maximum atomic E-state index is 13.1. The van der Waals surface area contributed by atoms with Gasteiger partial charge < -0.3 is 0 Å². The van der Waals surface area contributed by atoms with Gasteiger partial charge in [0.2, 0.25) is 0 Å². The van der Waals surface area contributed by atoms with Crippen molar-refractivity contribution in [2.45, 2.75) is 0 Å². The zero-order chi connectivity index (χ0) is 14.2. The minimum atomic E-state index is -0.288. The zero-order valence-electron chi connectivity index (χ0n) is 11.5. The van der Waals surface area contributed by atoms with Gasteiger partial charge in [0.1, 0.15) is 0 Å². The average Bonchev–Trinajstić information content (AvgIpc) is 2.55. The summed E-state index contributed by atoms with van der Waals surface area (Å²) in [4.78, 5) is 4.75. The second kappa shape index (κ2) is 5.98. The molecule has 0 fully saturated rings. The van der Waals surface area contributed by atoms with Gasteiger partial charge in [0.15, 0.2) is 0 Å².